The van der Waals surface area contributed by atoms with Gasteiger partial charge in [0.25, 0.3) is 0 Å². The number of hydrogen-bond donors (Lipinski definition) is 2. The highest BCUT2D eigenvalue weighted by molar-refractivity contribution is 7.13. The first kappa shape index (κ1) is 9.61. The lowest BCUT2D eigenvalue weighted by Crippen LogP contribution is -2.34. The Bertz CT molecular complexity index is 333. The van der Waals surface area contributed by atoms with Crippen molar-refractivity contribution in [2.45, 2.75) is 31.8 Å². The number of nitrogens with one attached hydrogen (secondary N) is 1. The maximum atomic E-state index is 10.6. The van der Waals surface area contributed by atoms with Crippen LogP contribution in [0.5, 0.6) is 0 Å². The zero-order valence-corrected chi connectivity index (χ0v) is 8.51. The number of carboxylic acids is 1. The third kappa shape index (κ3) is 2.10. The molecule has 0 bridgehead atoms. The summed E-state index contributed by atoms with van der Waals surface area (Å²) in [5, 5.41) is 12.9. The van der Waals surface area contributed by atoms with Crippen LogP contribution in [0.3, 0.4) is 0 Å². The lowest BCUT2D eigenvalue weighted by atomic mass is 9.93. The Kier molecular flexibility index (Phi) is 2.79. The van der Waals surface area contributed by atoms with E-state index in [0.29, 0.717) is 17.5 Å². The summed E-state index contributed by atoms with van der Waals surface area (Å²) in [5.74, 6) is -0.891. The van der Waals surface area contributed by atoms with Gasteiger partial charge in [0.1, 0.15) is 9.88 Å². The van der Waals surface area contributed by atoms with Crippen molar-refractivity contribution >= 4 is 17.3 Å². The van der Waals surface area contributed by atoms with E-state index in [4.69, 9.17) is 5.11 Å². The minimum absolute atomic E-state index is 0.315. The Labute approximate surface area is 86.0 Å². The molecule has 1 aromatic rings. The van der Waals surface area contributed by atoms with Crippen LogP contribution in [0.4, 0.5) is 0 Å². The van der Waals surface area contributed by atoms with E-state index in [-0.39, 0.29) is 0 Å². The molecule has 76 valence electrons. The minimum atomic E-state index is -0.891. The van der Waals surface area contributed by atoms with E-state index in [1.165, 1.54) is 36.8 Å². The number of aromatic carboxylic acids is 1. The average Bonchev–Trinajstić information content (AvgIpc) is 2.50. The average molecular weight is 212 g/mol. The van der Waals surface area contributed by atoms with Crippen LogP contribution in [0, 0.1) is 0 Å². The molecule has 0 atom stereocenters. The van der Waals surface area contributed by atoms with Gasteiger partial charge >= 0.3 is 5.97 Å². The molecule has 1 aliphatic rings. The van der Waals surface area contributed by atoms with E-state index in [9.17, 15) is 4.79 Å². The predicted octanol–water partition coefficient (Wildman–Crippen LogP) is 1.48. The lowest BCUT2D eigenvalue weighted by Gasteiger charge is -2.25. The first-order valence-corrected chi connectivity index (χ1v) is 5.49. The molecule has 0 radical (unpaired) electrons. The summed E-state index contributed by atoms with van der Waals surface area (Å²) in [6.45, 7) is 0.697. The summed E-state index contributed by atoms with van der Waals surface area (Å²) < 4.78 is 0. The molecule has 0 unspecified atom stereocenters. The Morgan fingerprint density at radius 1 is 1.71 bits per heavy atom. The van der Waals surface area contributed by atoms with Gasteiger partial charge < -0.3 is 10.4 Å². The molecule has 1 aliphatic carbocycles. The molecule has 1 aromatic heterocycles. The molecule has 0 saturated heterocycles. The van der Waals surface area contributed by atoms with E-state index in [2.05, 4.69) is 10.3 Å². The summed E-state index contributed by atoms with van der Waals surface area (Å²) >= 11 is 1.24. The summed E-state index contributed by atoms with van der Waals surface area (Å²) in [4.78, 5) is 14.9. The molecule has 2 N–H and O–H groups in total. The molecular weight excluding hydrogens is 200 g/mol. The topological polar surface area (TPSA) is 62.2 Å². The molecule has 4 nitrogen and oxygen atoms in total. The van der Waals surface area contributed by atoms with Crippen molar-refractivity contribution in [2.24, 2.45) is 0 Å². The van der Waals surface area contributed by atoms with Gasteiger partial charge in [0.15, 0.2) is 0 Å². The number of nitrogens with zero attached hydrogens (tertiary/aromatic N) is 1. The van der Waals surface area contributed by atoms with Crippen LogP contribution in [-0.4, -0.2) is 22.1 Å². The first-order chi connectivity index (χ1) is 6.75. The van der Waals surface area contributed by atoms with Gasteiger partial charge in [-0.25, -0.2) is 9.78 Å². The summed E-state index contributed by atoms with van der Waals surface area (Å²) in [6.07, 6.45) is 5.19. The highest BCUT2D eigenvalue weighted by atomic mass is 32.1. The molecular formula is C9H12N2O2S. The first-order valence-electron chi connectivity index (χ1n) is 4.67. The quantitative estimate of drug-likeness (QED) is 0.793. The van der Waals surface area contributed by atoms with E-state index in [1.807, 2.05) is 0 Å². The molecule has 0 aliphatic heterocycles. The van der Waals surface area contributed by atoms with Gasteiger partial charge in [0.2, 0.25) is 0 Å². The second kappa shape index (κ2) is 4.06. The molecule has 1 fully saturated rings. The fourth-order valence-corrected chi connectivity index (χ4v) is 2.04. The van der Waals surface area contributed by atoms with E-state index in [0.717, 1.165) is 5.01 Å². The summed E-state index contributed by atoms with van der Waals surface area (Å²) in [5.41, 5.74) is 0. The van der Waals surface area contributed by atoms with Crippen LogP contribution in [0.15, 0.2) is 6.20 Å². The van der Waals surface area contributed by atoms with Gasteiger partial charge in [0.05, 0.1) is 6.20 Å². The van der Waals surface area contributed by atoms with Gasteiger partial charge in [-0.05, 0) is 12.8 Å². The molecule has 14 heavy (non-hydrogen) atoms. The fourth-order valence-electron chi connectivity index (χ4n) is 1.33. The Balaban J connectivity index is 1.86. The number of aromatic nitrogens is 1. The number of rotatable bonds is 4. The zero-order chi connectivity index (χ0) is 9.97. The molecule has 0 aromatic carbocycles. The normalized spacial score (nSPS) is 16.6. The molecule has 5 heteroatoms. The number of thiazole rings is 1. The SMILES string of the molecule is O=C(O)c1cnc(CNC2CCC2)s1. The highest BCUT2D eigenvalue weighted by Gasteiger charge is 2.17. The number of hydrogen-bond acceptors (Lipinski definition) is 4. The Morgan fingerprint density at radius 3 is 3.00 bits per heavy atom. The monoisotopic (exact) mass is 212 g/mol. The second-order valence-corrected chi connectivity index (χ2v) is 4.55. The van der Waals surface area contributed by atoms with Crippen LogP contribution in [-0.2, 0) is 6.54 Å². The Hall–Kier alpha value is -0.940. The second-order valence-electron chi connectivity index (χ2n) is 3.43. The van der Waals surface area contributed by atoms with Crippen LogP contribution >= 0.6 is 11.3 Å². The van der Waals surface area contributed by atoms with Gasteiger partial charge in [-0.3, -0.25) is 0 Å². The number of carboxylic acid groups (broad SMARTS) is 1. The molecule has 1 saturated carbocycles. The third-order valence-electron chi connectivity index (χ3n) is 2.41. The van der Waals surface area contributed by atoms with Gasteiger partial charge in [-0.15, -0.1) is 11.3 Å². The third-order valence-corrected chi connectivity index (χ3v) is 3.40. The smallest absolute Gasteiger partial charge is 0.347 e. The van der Waals surface area contributed by atoms with Crippen molar-refractivity contribution < 1.29 is 9.90 Å². The summed E-state index contributed by atoms with van der Waals surface area (Å²) in [7, 11) is 0. The maximum Gasteiger partial charge on any atom is 0.347 e. The molecule has 1 heterocycles. The van der Waals surface area contributed by atoms with Gasteiger partial charge in [-0.1, -0.05) is 6.42 Å². The van der Waals surface area contributed by atoms with Crippen LogP contribution in [0.1, 0.15) is 33.9 Å². The number of carbonyl (C=O) groups is 1. The van der Waals surface area contributed by atoms with Crippen molar-refractivity contribution in [3.63, 3.8) is 0 Å². The van der Waals surface area contributed by atoms with Crippen molar-refractivity contribution in [1.29, 1.82) is 0 Å². The van der Waals surface area contributed by atoms with E-state index >= 15 is 0 Å². The van der Waals surface area contributed by atoms with Crippen LogP contribution in [0.25, 0.3) is 0 Å². The minimum Gasteiger partial charge on any atom is -0.477 e. The van der Waals surface area contributed by atoms with E-state index in [1.54, 1.807) is 0 Å². The molecule has 2 rings (SSSR count). The van der Waals surface area contributed by atoms with Crippen molar-refractivity contribution in [3.8, 4) is 0 Å². The zero-order valence-electron chi connectivity index (χ0n) is 7.69. The largest absolute Gasteiger partial charge is 0.477 e. The fraction of sp³-hybridized carbons (Fsp3) is 0.556. The summed E-state index contributed by atoms with van der Waals surface area (Å²) in [6, 6.07) is 0.618. The molecule has 0 spiro atoms. The van der Waals surface area contributed by atoms with E-state index < -0.39 is 5.97 Å². The van der Waals surface area contributed by atoms with Crippen LogP contribution < -0.4 is 5.32 Å². The predicted molar refractivity (Wildman–Crippen MR) is 53.6 cm³/mol. The Morgan fingerprint density at radius 2 is 2.50 bits per heavy atom. The standard InChI is InChI=1S/C9H12N2O2S/c12-9(13)7-4-11-8(14-7)5-10-6-2-1-3-6/h4,6,10H,1-3,5H2,(H,12,13). The van der Waals surface area contributed by atoms with Gasteiger partial charge in [-0.2, -0.15) is 0 Å². The lowest BCUT2D eigenvalue weighted by molar-refractivity contribution is 0.0702. The molecule has 0 amide bonds. The van der Waals surface area contributed by atoms with Crippen LogP contribution in [0.2, 0.25) is 0 Å². The van der Waals surface area contributed by atoms with Crippen molar-refractivity contribution in [3.05, 3.63) is 16.1 Å². The maximum absolute atomic E-state index is 10.6. The van der Waals surface area contributed by atoms with Crippen molar-refractivity contribution in [1.82, 2.24) is 10.3 Å². The highest BCUT2D eigenvalue weighted by Crippen LogP contribution is 2.19. The van der Waals surface area contributed by atoms with Gasteiger partial charge in [0, 0.05) is 12.6 Å². The van der Waals surface area contributed by atoms with Crippen molar-refractivity contribution in [2.75, 3.05) is 0 Å².